The van der Waals surface area contributed by atoms with Crippen molar-refractivity contribution < 1.29 is 9.53 Å². The molecule has 1 amide bonds. The van der Waals surface area contributed by atoms with Crippen LogP contribution >= 0.6 is 0 Å². The van der Waals surface area contributed by atoms with Crippen LogP contribution in [-0.2, 0) is 4.74 Å². The van der Waals surface area contributed by atoms with E-state index in [9.17, 15) is 4.79 Å². The van der Waals surface area contributed by atoms with Crippen molar-refractivity contribution >= 4 is 6.09 Å². The van der Waals surface area contributed by atoms with Crippen molar-refractivity contribution in [3.05, 3.63) is 0 Å². The lowest BCUT2D eigenvalue weighted by Crippen LogP contribution is -2.27. The van der Waals surface area contributed by atoms with E-state index in [0.29, 0.717) is 6.61 Å². The van der Waals surface area contributed by atoms with Gasteiger partial charge in [0, 0.05) is 6.54 Å². The van der Waals surface area contributed by atoms with Crippen molar-refractivity contribution in [1.29, 1.82) is 0 Å². The lowest BCUT2D eigenvalue weighted by atomic mass is 9.92. The molecule has 1 saturated heterocycles. The van der Waals surface area contributed by atoms with E-state index in [2.05, 4.69) is 17.6 Å². The summed E-state index contributed by atoms with van der Waals surface area (Å²) in [5, 5.41) is 6.21. The molecule has 0 aromatic carbocycles. The Kier molecular flexibility index (Phi) is 9.51. The van der Waals surface area contributed by atoms with Gasteiger partial charge in [-0.25, -0.2) is 4.79 Å². The Balaban J connectivity index is 1.83. The second-order valence-corrected chi connectivity index (χ2v) is 5.46. The maximum Gasteiger partial charge on any atom is 0.407 e. The van der Waals surface area contributed by atoms with Crippen molar-refractivity contribution in [2.75, 3.05) is 26.2 Å². The average Bonchev–Trinajstić information content (AvgIpc) is 2.44. The summed E-state index contributed by atoms with van der Waals surface area (Å²) >= 11 is 0. The second-order valence-electron chi connectivity index (χ2n) is 5.46. The summed E-state index contributed by atoms with van der Waals surface area (Å²) < 4.78 is 5.03. The van der Waals surface area contributed by atoms with E-state index < -0.39 is 0 Å². The highest BCUT2D eigenvalue weighted by atomic mass is 16.5. The summed E-state index contributed by atoms with van der Waals surface area (Å²) in [5.41, 5.74) is 0. The molecule has 0 radical (unpaired) electrons. The van der Waals surface area contributed by atoms with E-state index in [-0.39, 0.29) is 6.09 Å². The zero-order valence-electron chi connectivity index (χ0n) is 12.4. The first-order chi connectivity index (χ1) is 9.33. The Morgan fingerprint density at radius 1 is 1.21 bits per heavy atom. The molecule has 1 rings (SSSR count). The fourth-order valence-electron chi connectivity index (χ4n) is 2.46. The number of amides is 1. The maximum absolute atomic E-state index is 11.3. The van der Waals surface area contributed by atoms with Crippen LogP contribution < -0.4 is 10.6 Å². The van der Waals surface area contributed by atoms with Gasteiger partial charge in [0.15, 0.2) is 0 Å². The third kappa shape index (κ3) is 8.87. The quantitative estimate of drug-likeness (QED) is 0.633. The van der Waals surface area contributed by atoms with Gasteiger partial charge in [0.05, 0.1) is 6.61 Å². The Hall–Kier alpha value is -0.770. The Bertz CT molecular complexity index is 228. The molecule has 1 fully saturated rings. The molecule has 0 aromatic heterocycles. The number of piperidine rings is 1. The van der Waals surface area contributed by atoms with Crippen LogP contribution in [0.15, 0.2) is 0 Å². The van der Waals surface area contributed by atoms with Gasteiger partial charge in [0.2, 0.25) is 0 Å². The molecule has 0 atom stereocenters. The van der Waals surface area contributed by atoms with Gasteiger partial charge in [-0.1, -0.05) is 32.6 Å². The zero-order valence-corrected chi connectivity index (χ0v) is 12.4. The molecule has 1 aliphatic heterocycles. The Morgan fingerprint density at radius 2 is 2.00 bits per heavy atom. The van der Waals surface area contributed by atoms with Crippen LogP contribution in [0.5, 0.6) is 0 Å². The highest BCUT2D eigenvalue weighted by Gasteiger charge is 2.11. The maximum atomic E-state index is 11.3. The molecule has 4 nitrogen and oxygen atoms in total. The molecule has 1 aliphatic rings. The molecule has 19 heavy (non-hydrogen) atoms. The molecule has 112 valence electrons. The molecule has 0 saturated carbocycles. The topological polar surface area (TPSA) is 50.4 Å². The molecular formula is C15H30N2O2. The SMILES string of the molecule is CCCCOC(=O)NCCCCCC1CCNCC1. The van der Waals surface area contributed by atoms with Gasteiger partial charge in [-0.15, -0.1) is 0 Å². The first kappa shape index (κ1) is 16.3. The minimum absolute atomic E-state index is 0.258. The van der Waals surface area contributed by atoms with E-state index in [1.807, 2.05) is 0 Å². The number of nitrogens with one attached hydrogen (secondary N) is 2. The molecule has 2 N–H and O–H groups in total. The highest BCUT2D eigenvalue weighted by molar-refractivity contribution is 5.66. The first-order valence-corrected chi connectivity index (χ1v) is 7.94. The number of ether oxygens (including phenoxy) is 1. The van der Waals surface area contributed by atoms with Crippen LogP contribution in [0.3, 0.4) is 0 Å². The van der Waals surface area contributed by atoms with Gasteiger partial charge >= 0.3 is 6.09 Å². The van der Waals surface area contributed by atoms with Crippen LogP contribution in [0.1, 0.15) is 58.3 Å². The minimum Gasteiger partial charge on any atom is -0.450 e. The summed E-state index contributed by atoms with van der Waals surface area (Å²) in [6, 6.07) is 0. The van der Waals surface area contributed by atoms with E-state index >= 15 is 0 Å². The number of hydrogen-bond donors (Lipinski definition) is 2. The lowest BCUT2D eigenvalue weighted by molar-refractivity contribution is 0.144. The number of carbonyl (C=O) groups is 1. The summed E-state index contributed by atoms with van der Waals surface area (Å²) in [7, 11) is 0. The summed E-state index contributed by atoms with van der Waals surface area (Å²) in [6.07, 6.45) is 9.33. The van der Waals surface area contributed by atoms with E-state index in [0.717, 1.165) is 31.7 Å². The van der Waals surface area contributed by atoms with Crippen LogP contribution in [0.4, 0.5) is 4.79 Å². The fraction of sp³-hybridized carbons (Fsp3) is 0.933. The standard InChI is InChI=1S/C15H30N2O2/c1-2-3-13-19-15(18)17-10-6-4-5-7-14-8-11-16-12-9-14/h14,16H,2-13H2,1H3,(H,17,18). The first-order valence-electron chi connectivity index (χ1n) is 7.94. The third-order valence-corrected chi connectivity index (χ3v) is 3.75. The van der Waals surface area contributed by atoms with Gasteiger partial charge in [0.25, 0.3) is 0 Å². The van der Waals surface area contributed by atoms with Crippen molar-refractivity contribution in [2.45, 2.75) is 58.3 Å². The molecule has 4 heteroatoms. The molecule has 0 spiro atoms. The van der Waals surface area contributed by atoms with Gasteiger partial charge in [-0.05, 0) is 44.7 Å². The number of carbonyl (C=O) groups excluding carboxylic acids is 1. The number of hydrogen-bond acceptors (Lipinski definition) is 3. The average molecular weight is 270 g/mol. The monoisotopic (exact) mass is 270 g/mol. The molecule has 0 aromatic rings. The molecule has 1 heterocycles. The van der Waals surface area contributed by atoms with E-state index in [1.54, 1.807) is 0 Å². The summed E-state index contributed by atoms with van der Waals surface area (Å²) in [6.45, 7) is 5.75. The molecule has 0 aliphatic carbocycles. The van der Waals surface area contributed by atoms with Crippen molar-refractivity contribution in [3.63, 3.8) is 0 Å². The number of unbranched alkanes of at least 4 members (excludes halogenated alkanes) is 3. The lowest BCUT2D eigenvalue weighted by Gasteiger charge is -2.22. The zero-order chi connectivity index (χ0) is 13.8. The van der Waals surface area contributed by atoms with Gasteiger partial charge in [-0.2, -0.15) is 0 Å². The van der Waals surface area contributed by atoms with Gasteiger partial charge in [0.1, 0.15) is 0 Å². The minimum atomic E-state index is -0.258. The van der Waals surface area contributed by atoms with Crippen molar-refractivity contribution in [2.24, 2.45) is 5.92 Å². The largest absolute Gasteiger partial charge is 0.450 e. The predicted octanol–water partition coefficient (Wildman–Crippen LogP) is 3.07. The normalized spacial score (nSPS) is 16.3. The number of alkyl carbamates (subject to hydrolysis) is 1. The van der Waals surface area contributed by atoms with Crippen molar-refractivity contribution in [3.8, 4) is 0 Å². The Morgan fingerprint density at radius 3 is 2.74 bits per heavy atom. The number of rotatable bonds is 9. The molecule has 0 unspecified atom stereocenters. The molecular weight excluding hydrogens is 240 g/mol. The van der Waals surface area contributed by atoms with Crippen molar-refractivity contribution in [1.82, 2.24) is 10.6 Å². The van der Waals surface area contributed by atoms with Crippen LogP contribution in [0, 0.1) is 5.92 Å². The van der Waals surface area contributed by atoms with E-state index in [4.69, 9.17) is 4.74 Å². The molecule has 0 bridgehead atoms. The Labute approximate surface area is 117 Å². The summed E-state index contributed by atoms with van der Waals surface area (Å²) in [4.78, 5) is 11.3. The predicted molar refractivity (Wildman–Crippen MR) is 78.3 cm³/mol. The third-order valence-electron chi connectivity index (χ3n) is 3.75. The van der Waals surface area contributed by atoms with E-state index in [1.165, 1.54) is 45.2 Å². The fourth-order valence-corrected chi connectivity index (χ4v) is 2.46. The highest BCUT2D eigenvalue weighted by Crippen LogP contribution is 2.18. The van der Waals surface area contributed by atoms with Gasteiger partial charge < -0.3 is 15.4 Å². The smallest absolute Gasteiger partial charge is 0.407 e. The van der Waals surface area contributed by atoms with Crippen LogP contribution in [0.25, 0.3) is 0 Å². The van der Waals surface area contributed by atoms with Crippen LogP contribution in [-0.4, -0.2) is 32.3 Å². The van der Waals surface area contributed by atoms with Gasteiger partial charge in [-0.3, -0.25) is 0 Å². The van der Waals surface area contributed by atoms with Crippen LogP contribution in [0.2, 0.25) is 0 Å². The second kappa shape index (κ2) is 11.1. The summed E-state index contributed by atoms with van der Waals surface area (Å²) in [5.74, 6) is 0.924.